The van der Waals surface area contributed by atoms with Gasteiger partial charge in [0.25, 0.3) is 0 Å². The van der Waals surface area contributed by atoms with E-state index in [2.05, 4.69) is 5.32 Å². The van der Waals surface area contributed by atoms with Crippen molar-refractivity contribution < 1.29 is 24.1 Å². The molecule has 4 aromatic carbocycles. The molecule has 3 N–H and O–H groups in total. The number of hydrogen-bond acceptors (Lipinski definition) is 4. The average Bonchev–Trinajstić information content (AvgIpc) is 2.97. The normalized spacial score (nSPS) is 13.1. The summed E-state index contributed by atoms with van der Waals surface area (Å²) in [7, 11) is 0. The van der Waals surface area contributed by atoms with Crippen molar-refractivity contribution in [3.05, 3.63) is 130 Å². The molecule has 0 amide bonds. The Kier molecular flexibility index (Phi) is 10.3. The smallest absolute Gasteiger partial charge is 0.335 e. The van der Waals surface area contributed by atoms with E-state index in [1.54, 1.807) is 25.1 Å². The van der Waals surface area contributed by atoms with E-state index in [4.69, 9.17) is 4.74 Å². The van der Waals surface area contributed by atoms with Crippen LogP contribution in [-0.4, -0.2) is 41.0 Å². The van der Waals surface area contributed by atoms with E-state index in [0.717, 1.165) is 33.4 Å². The molecule has 6 heteroatoms. The van der Waals surface area contributed by atoms with Gasteiger partial charge in [0.2, 0.25) is 0 Å². The summed E-state index contributed by atoms with van der Waals surface area (Å²) in [5.74, 6) is -1.16. The van der Waals surface area contributed by atoms with Crippen LogP contribution in [0.25, 0.3) is 11.1 Å². The highest BCUT2D eigenvalue weighted by atomic mass is 19.1. The molecule has 0 unspecified atom stereocenters. The van der Waals surface area contributed by atoms with E-state index in [1.807, 2.05) is 93.6 Å². The molecular weight excluding hydrogens is 529 g/mol. The summed E-state index contributed by atoms with van der Waals surface area (Å²) in [4.78, 5) is 12.0. The highest BCUT2D eigenvalue weighted by Crippen LogP contribution is 2.32. The summed E-state index contributed by atoms with van der Waals surface area (Å²) in [6, 6.07) is 28.5. The van der Waals surface area contributed by atoms with Gasteiger partial charge in [0.05, 0.1) is 24.4 Å². The molecule has 4 rings (SSSR count). The lowest BCUT2D eigenvalue weighted by molar-refractivity contribution is -0.00397. The van der Waals surface area contributed by atoms with Crippen LogP contribution in [0.3, 0.4) is 0 Å². The third kappa shape index (κ3) is 8.35. The lowest BCUT2D eigenvalue weighted by Crippen LogP contribution is -2.46. The number of carboxylic acid groups (broad SMARTS) is 1. The van der Waals surface area contributed by atoms with Crippen molar-refractivity contribution in [1.29, 1.82) is 0 Å². The first-order valence-electron chi connectivity index (χ1n) is 14.3. The number of halogens is 1. The monoisotopic (exact) mass is 569 g/mol. The SMILES string of the molecule is Cc1ccc(CC(C)(C)NC[C@@H](O)CO[C@H](C)c2ccccc2-c2ccc(C(=O)O)c(Cc3ccccc3)c2)cc1F. The molecule has 0 spiro atoms. The lowest BCUT2D eigenvalue weighted by Gasteiger charge is -2.28. The van der Waals surface area contributed by atoms with Gasteiger partial charge in [0.1, 0.15) is 5.82 Å². The molecule has 42 heavy (non-hydrogen) atoms. The van der Waals surface area contributed by atoms with E-state index in [9.17, 15) is 19.4 Å². The van der Waals surface area contributed by atoms with Crippen LogP contribution >= 0.6 is 0 Å². The van der Waals surface area contributed by atoms with Crippen molar-refractivity contribution in [2.45, 2.75) is 58.3 Å². The molecule has 2 atom stereocenters. The second kappa shape index (κ2) is 13.9. The number of β-amino-alcohol motifs (C(OH)–C–C–N with tert-alkyl or cyclic N) is 1. The topological polar surface area (TPSA) is 78.8 Å². The molecule has 0 aliphatic carbocycles. The van der Waals surface area contributed by atoms with Gasteiger partial charge in [-0.1, -0.05) is 72.8 Å². The Morgan fingerprint density at radius 2 is 1.67 bits per heavy atom. The first kappa shape index (κ1) is 31.1. The molecule has 0 fully saturated rings. The molecule has 0 aromatic heterocycles. The van der Waals surface area contributed by atoms with Gasteiger partial charge in [-0.15, -0.1) is 0 Å². The van der Waals surface area contributed by atoms with Crippen molar-refractivity contribution in [1.82, 2.24) is 5.32 Å². The van der Waals surface area contributed by atoms with Gasteiger partial charge in [0.15, 0.2) is 0 Å². The summed E-state index contributed by atoms with van der Waals surface area (Å²) in [5.41, 5.74) is 6.06. The molecule has 0 saturated carbocycles. The predicted octanol–water partition coefficient (Wildman–Crippen LogP) is 7.14. The van der Waals surface area contributed by atoms with Crippen LogP contribution in [0.1, 0.15) is 65.1 Å². The number of aliphatic hydroxyl groups excluding tert-OH is 1. The molecule has 0 aliphatic heterocycles. The van der Waals surface area contributed by atoms with Crippen LogP contribution in [0.15, 0.2) is 91.0 Å². The highest BCUT2D eigenvalue weighted by Gasteiger charge is 2.21. The van der Waals surface area contributed by atoms with Crippen LogP contribution in [0, 0.1) is 12.7 Å². The van der Waals surface area contributed by atoms with Crippen LogP contribution < -0.4 is 5.32 Å². The van der Waals surface area contributed by atoms with Gasteiger partial charge in [-0.3, -0.25) is 0 Å². The number of aliphatic hydroxyl groups is 1. The number of aromatic carboxylic acids is 1. The van der Waals surface area contributed by atoms with E-state index in [1.165, 1.54) is 0 Å². The van der Waals surface area contributed by atoms with Gasteiger partial charge in [-0.25, -0.2) is 9.18 Å². The van der Waals surface area contributed by atoms with E-state index < -0.39 is 12.1 Å². The summed E-state index contributed by atoms with van der Waals surface area (Å²) in [5, 5.41) is 23.9. The minimum atomic E-state index is -0.950. The Balaban J connectivity index is 1.41. The molecule has 4 aromatic rings. The molecule has 0 radical (unpaired) electrons. The van der Waals surface area contributed by atoms with Gasteiger partial charge in [0, 0.05) is 12.1 Å². The van der Waals surface area contributed by atoms with E-state index >= 15 is 0 Å². The number of carbonyl (C=O) groups is 1. The number of ether oxygens (including phenoxy) is 1. The number of hydrogen-bond donors (Lipinski definition) is 3. The zero-order valence-corrected chi connectivity index (χ0v) is 24.7. The summed E-state index contributed by atoms with van der Waals surface area (Å²) in [6.07, 6.45) is 0.0880. The lowest BCUT2D eigenvalue weighted by atomic mass is 9.91. The predicted molar refractivity (Wildman–Crippen MR) is 165 cm³/mol. The van der Waals surface area contributed by atoms with Gasteiger partial charge in [-0.05, 0) is 97.7 Å². The second-order valence-electron chi connectivity index (χ2n) is 11.6. The second-order valence-corrected chi connectivity index (χ2v) is 11.6. The number of benzene rings is 4. The first-order chi connectivity index (χ1) is 20.0. The minimum absolute atomic E-state index is 0.134. The summed E-state index contributed by atoms with van der Waals surface area (Å²) < 4.78 is 20.1. The average molecular weight is 570 g/mol. The van der Waals surface area contributed by atoms with E-state index in [-0.39, 0.29) is 29.6 Å². The van der Waals surface area contributed by atoms with Gasteiger partial charge < -0.3 is 20.3 Å². The van der Waals surface area contributed by atoms with E-state index in [0.29, 0.717) is 24.9 Å². The number of nitrogens with one attached hydrogen (secondary N) is 1. The Bertz CT molecular complexity index is 1500. The number of aryl methyl sites for hydroxylation is 1. The van der Waals surface area contributed by atoms with Crippen molar-refractivity contribution >= 4 is 5.97 Å². The Hall–Kier alpha value is -3.84. The first-order valence-corrected chi connectivity index (χ1v) is 14.3. The molecule has 0 saturated heterocycles. The molecule has 0 heterocycles. The quantitative estimate of drug-likeness (QED) is 0.160. The molecule has 0 aliphatic rings. The zero-order valence-electron chi connectivity index (χ0n) is 24.7. The Morgan fingerprint density at radius 3 is 2.38 bits per heavy atom. The molecule has 220 valence electrons. The van der Waals surface area contributed by atoms with Crippen LogP contribution in [0.5, 0.6) is 0 Å². The maximum Gasteiger partial charge on any atom is 0.335 e. The fourth-order valence-electron chi connectivity index (χ4n) is 5.16. The highest BCUT2D eigenvalue weighted by molar-refractivity contribution is 5.90. The maximum absolute atomic E-state index is 14.0. The van der Waals surface area contributed by atoms with Gasteiger partial charge >= 0.3 is 5.97 Å². The fraction of sp³-hybridized carbons (Fsp3) is 0.306. The number of rotatable bonds is 13. The van der Waals surface area contributed by atoms with Gasteiger partial charge in [-0.2, -0.15) is 0 Å². The van der Waals surface area contributed by atoms with Crippen molar-refractivity contribution in [2.24, 2.45) is 0 Å². The zero-order chi connectivity index (χ0) is 30.3. The van der Waals surface area contributed by atoms with Crippen LogP contribution in [0.4, 0.5) is 4.39 Å². The van der Waals surface area contributed by atoms with Crippen molar-refractivity contribution in [3.63, 3.8) is 0 Å². The van der Waals surface area contributed by atoms with Crippen LogP contribution in [-0.2, 0) is 17.6 Å². The summed E-state index contributed by atoms with van der Waals surface area (Å²) >= 11 is 0. The summed E-state index contributed by atoms with van der Waals surface area (Å²) in [6.45, 7) is 8.21. The van der Waals surface area contributed by atoms with Crippen LogP contribution in [0.2, 0.25) is 0 Å². The third-order valence-electron chi connectivity index (χ3n) is 7.52. The van der Waals surface area contributed by atoms with Crippen molar-refractivity contribution in [3.8, 4) is 11.1 Å². The third-order valence-corrected chi connectivity index (χ3v) is 7.52. The number of carboxylic acids is 1. The molecule has 0 bridgehead atoms. The Morgan fingerprint density at radius 1 is 0.952 bits per heavy atom. The fourth-order valence-corrected chi connectivity index (χ4v) is 5.16. The standard InChI is InChI=1S/C36H40FNO4/c1-24-14-15-27(19-34(24)37)21-36(3,4)38-22-30(39)23-42-25(2)31-12-8-9-13-32(31)28-16-17-33(35(40)41)29(20-28)18-26-10-6-5-7-11-26/h5-17,19-20,25,30,38-39H,18,21-23H2,1-4H3,(H,40,41)/t25-,30-/m1/s1. The molecule has 5 nitrogen and oxygen atoms in total. The minimum Gasteiger partial charge on any atom is -0.478 e. The maximum atomic E-state index is 14.0. The molecular formula is C36H40FNO4. The Labute approximate surface area is 248 Å². The largest absolute Gasteiger partial charge is 0.478 e. The van der Waals surface area contributed by atoms with Crippen molar-refractivity contribution in [2.75, 3.05) is 13.2 Å².